The Morgan fingerprint density at radius 3 is 2.48 bits per heavy atom. The maximum atomic E-state index is 12.5. The van der Waals surface area contributed by atoms with E-state index >= 15 is 0 Å². The molecule has 2 aliphatic heterocycles. The molecular weight excluding hydrogens is 507 g/mol. The van der Waals surface area contributed by atoms with Crippen LogP contribution in [0.5, 0.6) is 0 Å². The third-order valence-corrected chi connectivity index (χ3v) is 5.42. The van der Waals surface area contributed by atoms with Gasteiger partial charge in [0.1, 0.15) is 6.10 Å². The molecule has 1 unspecified atom stereocenters. The van der Waals surface area contributed by atoms with Crippen LogP contribution >= 0.6 is 24.0 Å². The summed E-state index contributed by atoms with van der Waals surface area (Å²) in [7, 11) is 1.81. The highest BCUT2D eigenvalue weighted by Gasteiger charge is 2.30. The largest absolute Gasteiger partial charge is 0.371 e. The smallest absolute Gasteiger partial charge is 0.251 e. The van der Waals surface area contributed by atoms with Crippen molar-refractivity contribution in [2.45, 2.75) is 58.5 Å². The van der Waals surface area contributed by atoms with Crippen LogP contribution in [0.15, 0.2) is 29.3 Å². The molecule has 1 atom stereocenters. The van der Waals surface area contributed by atoms with Crippen LogP contribution in [-0.2, 0) is 27.4 Å². The molecule has 31 heavy (non-hydrogen) atoms. The third kappa shape index (κ3) is 7.91. The zero-order chi connectivity index (χ0) is 21.6. The Balaban J connectivity index is 0.00000341. The number of benzene rings is 1. The number of hydrogen-bond donors (Lipinski definition) is 1. The molecule has 2 heterocycles. The van der Waals surface area contributed by atoms with Crippen molar-refractivity contribution >= 4 is 35.8 Å². The summed E-state index contributed by atoms with van der Waals surface area (Å²) in [6.45, 7) is 11.2. The number of nitrogens with zero attached hydrogens (tertiary/aromatic N) is 3. The average Bonchev–Trinajstić information content (AvgIpc) is 3.27. The highest BCUT2D eigenvalue weighted by atomic mass is 127. The van der Waals surface area contributed by atoms with E-state index in [9.17, 15) is 4.79 Å². The maximum Gasteiger partial charge on any atom is 0.251 e. The van der Waals surface area contributed by atoms with Gasteiger partial charge in [-0.25, -0.2) is 0 Å². The zero-order valence-corrected chi connectivity index (χ0v) is 21.6. The summed E-state index contributed by atoms with van der Waals surface area (Å²) in [6.07, 6.45) is 1.60. The summed E-state index contributed by atoms with van der Waals surface area (Å²) < 4.78 is 11.4. The second-order valence-corrected chi connectivity index (χ2v) is 8.94. The standard InChI is InChI=1S/C23H36N4O3.HI/c1-23(2,3)30-17-19-8-5-7-18(15-19)16-25-22(24-4)27-12-10-26(11-13-27)21(28)20-9-6-14-29-20;/h5,7-8,15,20H,6,9-14,16-17H2,1-4H3,(H,24,25);1H. The van der Waals surface area contributed by atoms with Gasteiger partial charge in [-0.05, 0) is 44.7 Å². The summed E-state index contributed by atoms with van der Waals surface area (Å²) in [4.78, 5) is 21.1. The number of ether oxygens (including phenoxy) is 2. The SMILES string of the molecule is CN=C(NCc1cccc(COC(C)(C)C)c1)N1CCN(C(=O)C2CCCO2)CC1.I. The normalized spacial score (nSPS) is 19.9. The van der Waals surface area contributed by atoms with Crippen molar-refractivity contribution in [2.24, 2.45) is 4.99 Å². The minimum atomic E-state index is -0.233. The predicted octanol–water partition coefficient (Wildman–Crippen LogP) is 3.02. The van der Waals surface area contributed by atoms with Crippen LogP contribution in [0.2, 0.25) is 0 Å². The molecule has 0 spiro atoms. The topological polar surface area (TPSA) is 66.4 Å². The van der Waals surface area contributed by atoms with Crippen LogP contribution in [0.1, 0.15) is 44.7 Å². The number of carbonyl (C=O) groups is 1. The summed E-state index contributed by atoms with van der Waals surface area (Å²) in [6, 6.07) is 8.44. The first-order chi connectivity index (χ1) is 14.4. The molecule has 2 fully saturated rings. The number of rotatable bonds is 5. The van der Waals surface area contributed by atoms with E-state index in [1.54, 1.807) is 7.05 Å². The number of carbonyl (C=O) groups excluding carboxylic acids is 1. The van der Waals surface area contributed by atoms with E-state index in [4.69, 9.17) is 9.47 Å². The summed E-state index contributed by atoms with van der Waals surface area (Å²) in [5.41, 5.74) is 2.21. The van der Waals surface area contributed by atoms with Crippen molar-refractivity contribution in [1.29, 1.82) is 0 Å². The Kier molecular flexibility index (Phi) is 10.0. The maximum absolute atomic E-state index is 12.5. The van der Waals surface area contributed by atoms with Gasteiger partial charge in [-0.3, -0.25) is 9.79 Å². The molecule has 0 aromatic heterocycles. The monoisotopic (exact) mass is 544 g/mol. The molecule has 0 bridgehead atoms. The van der Waals surface area contributed by atoms with Crippen molar-refractivity contribution in [3.8, 4) is 0 Å². The number of guanidine groups is 1. The van der Waals surface area contributed by atoms with Gasteiger partial charge < -0.3 is 24.6 Å². The van der Waals surface area contributed by atoms with Crippen molar-refractivity contribution in [3.63, 3.8) is 0 Å². The van der Waals surface area contributed by atoms with Crippen molar-refractivity contribution in [1.82, 2.24) is 15.1 Å². The molecule has 7 nitrogen and oxygen atoms in total. The molecule has 8 heteroatoms. The van der Waals surface area contributed by atoms with Gasteiger partial charge in [-0.1, -0.05) is 24.3 Å². The van der Waals surface area contributed by atoms with E-state index < -0.39 is 0 Å². The van der Waals surface area contributed by atoms with E-state index in [0.717, 1.165) is 31.9 Å². The van der Waals surface area contributed by atoms with Crippen LogP contribution in [0.3, 0.4) is 0 Å². The molecule has 3 rings (SSSR count). The van der Waals surface area contributed by atoms with Gasteiger partial charge in [0.25, 0.3) is 5.91 Å². The first kappa shape index (κ1) is 25.9. The molecule has 1 N–H and O–H groups in total. The molecule has 1 amide bonds. The lowest BCUT2D eigenvalue weighted by Gasteiger charge is -2.37. The Morgan fingerprint density at radius 2 is 1.87 bits per heavy atom. The van der Waals surface area contributed by atoms with Gasteiger partial charge >= 0.3 is 0 Å². The van der Waals surface area contributed by atoms with Gasteiger partial charge in [-0.15, -0.1) is 24.0 Å². The van der Waals surface area contributed by atoms with E-state index in [1.165, 1.54) is 11.1 Å². The number of aliphatic imine (C=N–C) groups is 1. The molecule has 1 aromatic rings. The first-order valence-electron chi connectivity index (χ1n) is 10.9. The average molecular weight is 544 g/mol. The number of nitrogens with one attached hydrogen (secondary N) is 1. The fourth-order valence-electron chi connectivity index (χ4n) is 3.76. The van der Waals surface area contributed by atoms with Crippen LogP contribution in [0.25, 0.3) is 0 Å². The quantitative estimate of drug-likeness (QED) is 0.351. The second-order valence-electron chi connectivity index (χ2n) is 8.94. The van der Waals surface area contributed by atoms with Crippen LogP contribution in [-0.4, -0.2) is 73.2 Å². The lowest BCUT2D eigenvalue weighted by molar-refractivity contribution is -0.142. The molecule has 2 aliphatic rings. The minimum absolute atomic E-state index is 0. The summed E-state index contributed by atoms with van der Waals surface area (Å²) in [5.74, 6) is 1.01. The molecule has 0 saturated carbocycles. The van der Waals surface area contributed by atoms with Gasteiger partial charge in [0.15, 0.2) is 5.96 Å². The lowest BCUT2D eigenvalue weighted by Crippen LogP contribution is -2.55. The molecule has 2 saturated heterocycles. The molecular formula is C23H37IN4O3. The van der Waals surface area contributed by atoms with Gasteiger partial charge in [0.05, 0.1) is 12.2 Å². The van der Waals surface area contributed by atoms with Crippen LogP contribution < -0.4 is 5.32 Å². The first-order valence-corrected chi connectivity index (χ1v) is 10.9. The number of halogens is 1. The van der Waals surface area contributed by atoms with Gasteiger partial charge in [0.2, 0.25) is 0 Å². The Morgan fingerprint density at radius 1 is 1.19 bits per heavy atom. The minimum Gasteiger partial charge on any atom is -0.371 e. The fraction of sp³-hybridized carbons (Fsp3) is 0.652. The number of hydrogen-bond acceptors (Lipinski definition) is 4. The van der Waals surface area contributed by atoms with Gasteiger partial charge in [-0.2, -0.15) is 0 Å². The zero-order valence-electron chi connectivity index (χ0n) is 19.2. The summed E-state index contributed by atoms with van der Waals surface area (Å²) in [5, 5.41) is 3.46. The fourth-order valence-corrected chi connectivity index (χ4v) is 3.76. The van der Waals surface area contributed by atoms with Crippen molar-refractivity contribution in [3.05, 3.63) is 35.4 Å². The Hall–Kier alpha value is -1.39. The lowest BCUT2D eigenvalue weighted by atomic mass is 10.1. The molecule has 174 valence electrons. The molecule has 1 aromatic carbocycles. The van der Waals surface area contributed by atoms with E-state index in [1.807, 2.05) is 4.90 Å². The van der Waals surface area contributed by atoms with E-state index in [2.05, 4.69) is 60.2 Å². The van der Waals surface area contributed by atoms with Gasteiger partial charge in [0, 0.05) is 46.4 Å². The Labute approximate surface area is 203 Å². The molecule has 0 aliphatic carbocycles. The van der Waals surface area contributed by atoms with Crippen LogP contribution in [0, 0.1) is 0 Å². The number of piperazine rings is 1. The molecule has 0 radical (unpaired) electrons. The highest BCUT2D eigenvalue weighted by Crippen LogP contribution is 2.16. The highest BCUT2D eigenvalue weighted by molar-refractivity contribution is 14.0. The van der Waals surface area contributed by atoms with E-state index in [0.29, 0.717) is 32.8 Å². The Bertz CT molecular complexity index is 737. The van der Waals surface area contributed by atoms with Crippen molar-refractivity contribution in [2.75, 3.05) is 39.8 Å². The predicted molar refractivity (Wildman–Crippen MR) is 134 cm³/mol. The third-order valence-electron chi connectivity index (χ3n) is 5.42. The van der Waals surface area contributed by atoms with E-state index in [-0.39, 0.29) is 41.6 Å². The van der Waals surface area contributed by atoms with Crippen molar-refractivity contribution < 1.29 is 14.3 Å². The van der Waals surface area contributed by atoms with Crippen LogP contribution in [0.4, 0.5) is 0 Å². The second kappa shape index (κ2) is 12.0. The number of amides is 1. The summed E-state index contributed by atoms with van der Waals surface area (Å²) >= 11 is 0.